The summed E-state index contributed by atoms with van der Waals surface area (Å²) in [5.41, 5.74) is 0. The molecule has 0 spiro atoms. The lowest BCUT2D eigenvalue weighted by Crippen LogP contribution is -2.67. The summed E-state index contributed by atoms with van der Waals surface area (Å²) in [5, 5.41) is 192. The molecule has 450 valence electrons. The molecule has 20 N–H and O–H groups in total. The van der Waals surface area contributed by atoms with E-state index in [-0.39, 0.29) is 12.8 Å². The van der Waals surface area contributed by atoms with Crippen LogP contribution < -0.4 is 0 Å². The molecule has 6 heterocycles. The van der Waals surface area contributed by atoms with Gasteiger partial charge in [-0.1, -0.05) is 6.92 Å². The molecule has 6 fully saturated rings. The molecule has 0 saturated carbocycles. The van der Waals surface area contributed by atoms with Gasteiger partial charge in [-0.15, -0.1) is 0 Å². The average Bonchev–Trinajstić information content (AvgIpc) is 3.40. The van der Waals surface area contributed by atoms with Gasteiger partial charge in [-0.2, -0.15) is 0 Å². The standard InChI is InChI=1S/C41H71O35P/c1-2-11-18(46)24(52)30(58)38(68-11)75-34-27(55)19(47)12(6-42)69-40(34)66-8-14-21(49)25(53)29(57)36(71-14)65-9-15-23(51)33(32(60)37(72-15)64-5-3-4-17(44)45)74-41-35(28(56)20(48)13(7-43)70-41)76-39-31(59)26(54)22(50)16(73-39)10-67-77(61,62)63/h11-16,18-43,46-60H,2-10H2,1H3,(H,44,45)(H2,61,62,63)/t11?,12?,13?,14?,15?,16?,18-,19-,20-,21-,22-,23-,24+,25+,26+,27+,28+,29?,30?,31?,32?,33+,34?,35?,36+,37-,38+,39-,40+,41-/m1/s1. The molecule has 6 aliphatic rings. The molecule has 36 heteroatoms. The van der Waals surface area contributed by atoms with Crippen molar-refractivity contribution in [2.75, 3.05) is 39.6 Å². The Morgan fingerprint density at radius 2 is 0.792 bits per heavy atom. The van der Waals surface area contributed by atoms with Crippen LogP contribution in [0.5, 0.6) is 0 Å². The van der Waals surface area contributed by atoms with E-state index in [1.54, 1.807) is 6.92 Å². The SMILES string of the molecule is CCC1O[C@@H](OC2[C@@H](OCC3O[C@H](OCC4O[C@@H](OCCCC(=O)O)C(O)[C@@H](O[C@H]5OC(CO)[C@@H](O)[C@H](O)C5O[C@H]5OC(COP(=O)(O)O)[C@@H](O)[C@H](O)C5O)[C@@H]4O)C(O)[C@@H](O)[C@@H]3O)OC(CO)[C@@H](O)[C@@H]2O)C(O)[C@@H](O)[C@@H]1O. The van der Waals surface area contributed by atoms with Crippen molar-refractivity contribution in [1.82, 2.24) is 0 Å². The Kier molecular flexibility index (Phi) is 23.6. The minimum atomic E-state index is -5.20. The number of carboxylic acid groups (broad SMARTS) is 1. The van der Waals surface area contributed by atoms with Crippen LogP contribution in [-0.4, -0.2) is 332 Å². The van der Waals surface area contributed by atoms with Gasteiger partial charge in [-0.25, -0.2) is 4.57 Å². The van der Waals surface area contributed by atoms with Crippen LogP contribution in [0.25, 0.3) is 0 Å². The minimum Gasteiger partial charge on any atom is -0.481 e. The van der Waals surface area contributed by atoms with Crippen molar-refractivity contribution in [1.29, 1.82) is 0 Å². The zero-order valence-electron chi connectivity index (χ0n) is 40.7. The van der Waals surface area contributed by atoms with E-state index in [2.05, 4.69) is 4.52 Å². The van der Waals surface area contributed by atoms with Gasteiger partial charge in [0.1, 0.15) is 140 Å². The maximum Gasteiger partial charge on any atom is 0.469 e. The Hall–Kier alpha value is -1.58. The number of hydrogen-bond acceptors (Lipinski definition) is 32. The summed E-state index contributed by atoms with van der Waals surface area (Å²) in [7, 11) is -5.20. The molecule has 0 aromatic carbocycles. The van der Waals surface area contributed by atoms with Crippen LogP contribution in [0.4, 0.5) is 0 Å². The van der Waals surface area contributed by atoms with E-state index in [1.807, 2.05) is 0 Å². The van der Waals surface area contributed by atoms with Gasteiger partial charge >= 0.3 is 13.8 Å². The van der Waals surface area contributed by atoms with E-state index in [4.69, 9.17) is 71.7 Å². The summed E-state index contributed by atoms with van der Waals surface area (Å²) in [6.45, 7) is -3.60. The molecule has 77 heavy (non-hydrogen) atoms. The highest BCUT2D eigenvalue weighted by atomic mass is 31.2. The van der Waals surface area contributed by atoms with Crippen molar-refractivity contribution >= 4 is 13.8 Å². The van der Waals surface area contributed by atoms with Crippen LogP contribution in [0, 0.1) is 0 Å². The van der Waals surface area contributed by atoms with Crippen LogP contribution in [0.2, 0.25) is 0 Å². The second-order valence-electron chi connectivity index (χ2n) is 19.0. The Bertz CT molecular complexity index is 1860. The smallest absolute Gasteiger partial charge is 0.469 e. The summed E-state index contributed by atoms with van der Waals surface area (Å²) < 4.78 is 83.8. The third-order valence-electron chi connectivity index (χ3n) is 13.6. The molecule has 0 amide bonds. The molecule has 0 aliphatic carbocycles. The molecule has 0 aromatic heterocycles. The molecule has 0 radical (unpaired) electrons. The molecular formula is C41H71O35P. The number of phosphoric acid groups is 1. The van der Waals surface area contributed by atoms with Crippen LogP contribution >= 0.6 is 7.82 Å². The Balaban J connectivity index is 1.19. The van der Waals surface area contributed by atoms with E-state index in [1.165, 1.54) is 0 Å². The maximum absolute atomic E-state index is 11.7. The average molecular weight is 1150 g/mol. The van der Waals surface area contributed by atoms with Gasteiger partial charge in [0.25, 0.3) is 0 Å². The van der Waals surface area contributed by atoms with Gasteiger partial charge in [0.15, 0.2) is 37.7 Å². The maximum atomic E-state index is 11.7. The number of aliphatic hydroxyl groups excluding tert-OH is 17. The van der Waals surface area contributed by atoms with Crippen LogP contribution in [-0.2, 0) is 70.7 Å². The molecule has 30 atom stereocenters. The monoisotopic (exact) mass is 1150 g/mol. The van der Waals surface area contributed by atoms with E-state index in [9.17, 15) is 96.2 Å². The second kappa shape index (κ2) is 28.1. The fraction of sp³-hybridized carbons (Fsp3) is 0.976. The quantitative estimate of drug-likeness (QED) is 0.0334. The molecule has 12 unspecified atom stereocenters. The predicted octanol–water partition coefficient (Wildman–Crippen LogP) is -11.7. The first-order chi connectivity index (χ1) is 36.2. The van der Waals surface area contributed by atoms with Crippen LogP contribution in [0.15, 0.2) is 0 Å². The highest BCUT2D eigenvalue weighted by molar-refractivity contribution is 7.46. The number of ether oxygens (including phenoxy) is 12. The predicted molar refractivity (Wildman–Crippen MR) is 234 cm³/mol. The van der Waals surface area contributed by atoms with Gasteiger partial charge < -0.3 is 159 Å². The first kappa shape index (κ1) is 64.6. The number of carbonyl (C=O) groups is 1. The molecule has 6 saturated heterocycles. The zero-order valence-corrected chi connectivity index (χ0v) is 41.6. The molecule has 35 nitrogen and oxygen atoms in total. The van der Waals surface area contributed by atoms with Crippen molar-refractivity contribution in [2.45, 2.75) is 210 Å². The number of aliphatic carboxylic acids is 1. The van der Waals surface area contributed by atoms with E-state index in [0.29, 0.717) is 0 Å². The summed E-state index contributed by atoms with van der Waals surface area (Å²) in [4.78, 5) is 29.6. The van der Waals surface area contributed by atoms with Crippen molar-refractivity contribution in [2.24, 2.45) is 0 Å². The summed E-state index contributed by atoms with van der Waals surface area (Å²) in [5.74, 6) is -1.23. The number of carboxylic acids is 1. The lowest BCUT2D eigenvalue weighted by Gasteiger charge is -2.48. The molecule has 0 aromatic rings. The first-order valence-corrected chi connectivity index (χ1v) is 25.8. The van der Waals surface area contributed by atoms with Crippen molar-refractivity contribution < 1.29 is 172 Å². The molecule has 0 bridgehead atoms. The Labute approximate surface area is 435 Å². The third-order valence-corrected chi connectivity index (χ3v) is 14.1. The third kappa shape index (κ3) is 15.4. The van der Waals surface area contributed by atoms with E-state index >= 15 is 0 Å². The van der Waals surface area contributed by atoms with Gasteiger partial charge in [0.2, 0.25) is 0 Å². The van der Waals surface area contributed by atoms with Crippen molar-refractivity contribution in [3.05, 3.63) is 0 Å². The van der Waals surface area contributed by atoms with Gasteiger partial charge in [-0.3, -0.25) is 9.32 Å². The largest absolute Gasteiger partial charge is 0.481 e. The fourth-order valence-corrected chi connectivity index (χ4v) is 9.49. The van der Waals surface area contributed by atoms with Gasteiger partial charge in [-0.05, 0) is 12.8 Å². The molecular weight excluding hydrogens is 1080 g/mol. The number of aliphatic hydroxyl groups is 17. The van der Waals surface area contributed by atoms with Gasteiger partial charge in [0, 0.05) is 6.42 Å². The minimum absolute atomic E-state index is 0.119. The summed E-state index contributed by atoms with van der Waals surface area (Å²) in [6, 6.07) is 0. The highest BCUT2D eigenvalue weighted by Gasteiger charge is 2.56. The Morgan fingerprint density at radius 3 is 1.29 bits per heavy atom. The highest BCUT2D eigenvalue weighted by Crippen LogP contribution is 2.39. The number of hydrogen-bond donors (Lipinski definition) is 20. The first-order valence-electron chi connectivity index (χ1n) is 24.3. The van der Waals surface area contributed by atoms with E-state index < -0.39 is 244 Å². The zero-order chi connectivity index (χ0) is 57.0. The molecule has 6 aliphatic heterocycles. The van der Waals surface area contributed by atoms with Crippen molar-refractivity contribution in [3.63, 3.8) is 0 Å². The number of phosphoric ester groups is 1. The lowest BCUT2D eigenvalue weighted by molar-refractivity contribution is -0.391. The van der Waals surface area contributed by atoms with Crippen LogP contribution in [0.3, 0.4) is 0 Å². The second-order valence-corrected chi connectivity index (χ2v) is 20.3. The van der Waals surface area contributed by atoms with Crippen LogP contribution in [0.1, 0.15) is 26.2 Å². The van der Waals surface area contributed by atoms with Crippen molar-refractivity contribution in [3.8, 4) is 0 Å². The fourth-order valence-electron chi connectivity index (χ4n) is 9.15. The lowest BCUT2D eigenvalue weighted by atomic mass is 9.96. The Morgan fingerprint density at radius 1 is 0.416 bits per heavy atom. The molecule has 6 rings (SSSR count). The summed E-state index contributed by atoms with van der Waals surface area (Å²) in [6.07, 6.45) is -58.0. The topological polar surface area (TPSA) is 559 Å². The number of rotatable bonds is 23. The van der Waals surface area contributed by atoms with Gasteiger partial charge in [0.05, 0.1) is 45.7 Å². The summed E-state index contributed by atoms with van der Waals surface area (Å²) >= 11 is 0. The normalized spacial score (nSPS) is 48.2. The van der Waals surface area contributed by atoms with E-state index in [0.717, 1.165) is 0 Å².